The van der Waals surface area contributed by atoms with Gasteiger partial charge in [0.05, 0.1) is 0 Å². The van der Waals surface area contributed by atoms with Crippen LogP contribution in [-0.2, 0) is 4.79 Å². The maximum Gasteiger partial charge on any atom is 0.244 e. The topological polar surface area (TPSA) is 20.3 Å². The Balaban J connectivity index is 2.53. The molecule has 0 fully saturated rings. The van der Waals surface area contributed by atoms with Crippen LogP contribution in [0.4, 0.5) is 5.69 Å². The van der Waals surface area contributed by atoms with Crippen molar-refractivity contribution in [1.82, 2.24) is 0 Å². The first-order valence-electron chi connectivity index (χ1n) is 4.15. The Morgan fingerprint density at radius 1 is 1.38 bits per heavy atom. The fourth-order valence-corrected chi connectivity index (χ4v) is 2.48. The van der Waals surface area contributed by atoms with E-state index in [1.807, 2.05) is 37.6 Å². The molecular weight excluding hydrogens is 182 g/mol. The first-order chi connectivity index (χ1) is 6.25. The zero-order valence-corrected chi connectivity index (χ0v) is 8.47. The average Bonchev–Trinajstić information content (AvgIpc) is 2.41. The first-order valence-corrected chi connectivity index (χ1v) is 5.44. The molecule has 1 heterocycles. The number of hydrogen-bond donors (Lipinski definition) is 0. The highest BCUT2D eigenvalue weighted by Gasteiger charge is 2.33. The van der Waals surface area contributed by atoms with Crippen molar-refractivity contribution in [2.75, 3.05) is 18.2 Å². The van der Waals surface area contributed by atoms with Gasteiger partial charge in [0.15, 0.2) is 0 Å². The summed E-state index contributed by atoms with van der Waals surface area (Å²) in [5.74, 6) is 0.189. The van der Waals surface area contributed by atoms with Crippen LogP contribution in [0.2, 0.25) is 0 Å². The third-order valence-electron chi connectivity index (χ3n) is 2.37. The van der Waals surface area contributed by atoms with Gasteiger partial charge in [-0.15, -0.1) is 11.8 Å². The maximum absolute atomic E-state index is 11.7. The summed E-state index contributed by atoms with van der Waals surface area (Å²) in [4.78, 5) is 13.4. The number of carbonyl (C=O) groups is 1. The van der Waals surface area contributed by atoms with Crippen LogP contribution in [0.3, 0.4) is 0 Å². The Kier molecular flexibility index (Phi) is 2.04. The van der Waals surface area contributed by atoms with E-state index in [1.54, 1.807) is 16.7 Å². The van der Waals surface area contributed by atoms with Crippen LogP contribution >= 0.6 is 11.8 Å². The summed E-state index contributed by atoms with van der Waals surface area (Å²) < 4.78 is 0. The first kappa shape index (κ1) is 8.63. The largest absolute Gasteiger partial charge is 0.314 e. The van der Waals surface area contributed by atoms with Crippen molar-refractivity contribution in [3.8, 4) is 0 Å². The molecule has 2 rings (SSSR count). The van der Waals surface area contributed by atoms with Crippen LogP contribution in [0.25, 0.3) is 0 Å². The van der Waals surface area contributed by atoms with Crippen LogP contribution < -0.4 is 4.90 Å². The molecule has 0 aliphatic carbocycles. The standard InChI is InChI=1S/C10H11NOS/c1-11-8-6-4-3-5-7(8)9(13-2)10(11)12/h3-6,9H,1-2H3. The number of thioether (sulfide) groups is 1. The molecular formula is C10H11NOS. The Bertz CT molecular complexity index is 351. The number of para-hydroxylation sites is 1. The Morgan fingerprint density at radius 2 is 2.08 bits per heavy atom. The summed E-state index contributed by atoms with van der Waals surface area (Å²) in [7, 11) is 1.83. The van der Waals surface area contributed by atoms with E-state index in [4.69, 9.17) is 0 Å². The second-order valence-corrected chi connectivity index (χ2v) is 4.01. The van der Waals surface area contributed by atoms with Crippen LogP contribution in [0, 0.1) is 0 Å². The van der Waals surface area contributed by atoms with E-state index < -0.39 is 0 Å². The highest BCUT2D eigenvalue weighted by atomic mass is 32.2. The molecule has 0 radical (unpaired) electrons. The van der Waals surface area contributed by atoms with E-state index in [9.17, 15) is 4.79 Å². The molecule has 1 aromatic carbocycles. The predicted octanol–water partition coefficient (Wildman–Crippen LogP) is 2.07. The van der Waals surface area contributed by atoms with Gasteiger partial charge in [-0.3, -0.25) is 4.79 Å². The number of fused-ring (bicyclic) bond motifs is 1. The molecule has 13 heavy (non-hydrogen) atoms. The number of nitrogens with zero attached hydrogens (tertiary/aromatic N) is 1. The van der Waals surface area contributed by atoms with Crippen molar-refractivity contribution >= 4 is 23.4 Å². The van der Waals surface area contributed by atoms with E-state index in [-0.39, 0.29) is 11.2 Å². The molecule has 68 valence electrons. The number of carbonyl (C=O) groups excluding carboxylic acids is 1. The molecule has 1 aliphatic rings. The van der Waals surface area contributed by atoms with E-state index in [0.717, 1.165) is 11.3 Å². The van der Waals surface area contributed by atoms with Gasteiger partial charge in [0.1, 0.15) is 5.25 Å². The van der Waals surface area contributed by atoms with Crippen molar-refractivity contribution in [3.05, 3.63) is 29.8 Å². The maximum atomic E-state index is 11.7. The van der Waals surface area contributed by atoms with Gasteiger partial charge in [-0.1, -0.05) is 18.2 Å². The lowest BCUT2D eigenvalue weighted by Gasteiger charge is -2.09. The van der Waals surface area contributed by atoms with Crippen molar-refractivity contribution in [3.63, 3.8) is 0 Å². The number of rotatable bonds is 1. The van der Waals surface area contributed by atoms with Crippen LogP contribution in [0.1, 0.15) is 10.8 Å². The lowest BCUT2D eigenvalue weighted by molar-refractivity contribution is -0.117. The van der Waals surface area contributed by atoms with Crippen molar-refractivity contribution < 1.29 is 4.79 Å². The molecule has 0 bridgehead atoms. The van der Waals surface area contributed by atoms with Crippen molar-refractivity contribution in [2.24, 2.45) is 0 Å². The van der Waals surface area contributed by atoms with E-state index in [2.05, 4.69) is 0 Å². The number of likely N-dealkylation sites (N-methyl/N-ethyl adjacent to an activating group) is 1. The Morgan fingerprint density at radius 3 is 2.77 bits per heavy atom. The molecule has 0 aromatic heterocycles. The fraction of sp³-hybridized carbons (Fsp3) is 0.300. The highest BCUT2D eigenvalue weighted by Crippen LogP contribution is 2.41. The van der Waals surface area contributed by atoms with E-state index in [0.29, 0.717) is 0 Å². The normalized spacial score (nSPS) is 20.6. The van der Waals surface area contributed by atoms with Crippen LogP contribution in [0.5, 0.6) is 0 Å². The summed E-state index contributed by atoms with van der Waals surface area (Å²) in [6, 6.07) is 7.96. The smallest absolute Gasteiger partial charge is 0.244 e. The number of hydrogen-bond acceptors (Lipinski definition) is 2. The molecule has 1 atom stereocenters. The summed E-state index contributed by atoms with van der Waals surface area (Å²) in [5.41, 5.74) is 2.19. The second-order valence-electron chi connectivity index (χ2n) is 3.07. The molecule has 0 saturated heterocycles. The van der Waals surface area contributed by atoms with E-state index in [1.165, 1.54) is 0 Å². The summed E-state index contributed by atoms with van der Waals surface area (Å²) in [6.45, 7) is 0. The quantitative estimate of drug-likeness (QED) is 0.680. The summed E-state index contributed by atoms with van der Waals surface area (Å²) in [5, 5.41) is 0.00111. The van der Waals surface area contributed by atoms with Gasteiger partial charge in [0.2, 0.25) is 5.91 Å². The van der Waals surface area contributed by atoms with Gasteiger partial charge in [-0.2, -0.15) is 0 Å². The van der Waals surface area contributed by atoms with Crippen LogP contribution in [-0.4, -0.2) is 19.2 Å². The number of anilines is 1. The zero-order valence-electron chi connectivity index (χ0n) is 7.65. The minimum Gasteiger partial charge on any atom is -0.314 e. The summed E-state index contributed by atoms with van der Waals surface area (Å²) in [6.07, 6.45) is 1.97. The molecule has 0 spiro atoms. The van der Waals surface area contributed by atoms with Gasteiger partial charge in [0.25, 0.3) is 0 Å². The number of amides is 1. The minimum absolute atomic E-state index is 0.00111. The average molecular weight is 193 g/mol. The lowest BCUT2D eigenvalue weighted by Crippen LogP contribution is -2.22. The van der Waals surface area contributed by atoms with Gasteiger partial charge < -0.3 is 4.90 Å². The second kappa shape index (κ2) is 3.07. The molecule has 0 N–H and O–H groups in total. The lowest BCUT2D eigenvalue weighted by atomic mass is 10.2. The zero-order chi connectivity index (χ0) is 9.42. The van der Waals surface area contributed by atoms with Crippen molar-refractivity contribution in [1.29, 1.82) is 0 Å². The van der Waals surface area contributed by atoms with E-state index >= 15 is 0 Å². The van der Waals surface area contributed by atoms with Gasteiger partial charge in [0, 0.05) is 12.7 Å². The Labute approximate surface area is 81.9 Å². The minimum atomic E-state index is 0.00111. The highest BCUT2D eigenvalue weighted by molar-refractivity contribution is 7.99. The molecule has 1 unspecified atom stereocenters. The fourth-order valence-electron chi connectivity index (χ4n) is 1.67. The molecule has 2 nitrogen and oxygen atoms in total. The van der Waals surface area contributed by atoms with Gasteiger partial charge in [-0.05, 0) is 17.9 Å². The molecule has 1 aliphatic heterocycles. The predicted molar refractivity (Wildman–Crippen MR) is 56.1 cm³/mol. The molecule has 1 aromatic rings. The molecule has 0 saturated carbocycles. The van der Waals surface area contributed by atoms with Crippen LogP contribution in [0.15, 0.2) is 24.3 Å². The number of benzene rings is 1. The summed E-state index contributed by atoms with van der Waals surface area (Å²) >= 11 is 1.60. The third-order valence-corrected chi connectivity index (χ3v) is 3.30. The Hall–Kier alpha value is -0.960. The molecule has 1 amide bonds. The van der Waals surface area contributed by atoms with Gasteiger partial charge in [-0.25, -0.2) is 0 Å². The third kappa shape index (κ3) is 1.15. The SMILES string of the molecule is CSC1C(=O)N(C)c2ccccc21. The molecule has 3 heteroatoms. The van der Waals surface area contributed by atoms with Gasteiger partial charge >= 0.3 is 0 Å². The monoisotopic (exact) mass is 193 g/mol. The van der Waals surface area contributed by atoms with Crippen molar-refractivity contribution in [2.45, 2.75) is 5.25 Å².